The van der Waals surface area contributed by atoms with Gasteiger partial charge in [0.1, 0.15) is 24.0 Å². The summed E-state index contributed by atoms with van der Waals surface area (Å²) in [7, 11) is 0. The summed E-state index contributed by atoms with van der Waals surface area (Å²) in [6.07, 6.45) is 1.92. The van der Waals surface area contributed by atoms with Crippen LogP contribution in [0.25, 0.3) is 60.6 Å². The minimum atomic E-state index is 0.617. The fourth-order valence-corrected chi connectivity index (χ4v) is 8.68. The van der Waals surface area contributed by atoms with Gasteiger partial charge in [-0.05, 0) is 71.5 Å². The third kappa shape index (κ3) is 5.67. The maximum atomic E-state index is 6.74. The monoisotopic (exact) mass is 746 g/mol. The molecule has 3 heterocycles. The van der Waals surface area contributed by atoms with Crippen LogP contribution in [0.4, 0.5) is 22.7 Å². The molecule has 0 spiro atoms. The van der Waals surface area contributed by atoms with E-state index in [0.29, 0.717) is 6.67 Å². The van der Waals surface area contributed by atoms with Crippen LogP contribution in [0.5, 0.6) is 11.5 Å². The smallest absolute Gasteiger partial charge is 0.137 e. The average molecular weight is 747 g/mol. The number of nitrogens with zero attached hydrogens (tertiary/aromatic N) is 4. The molecule has 276 valence electrons. The molecular formula is C53H38N4O. The van der Waals surface area contributed by atoms with Crippen LogP contribution in [0.2, 0.25) is 0 Å². The lowest BCUT2D eigenvalue weighted by Gasteiger charge is -2.27. The van der Waals surface area contributed by atoms with E-state index in [4.69, 9.17) is 9.72 Å². The van der Waals surface area contributed by atoms with Gasteiger partial charge in [-0.1, -0.05) is 140 Å². The number of pyridine rings is 1. The summed E-state index contributed by atoms with van der Waals surface area (Å²) in [4.78, 5) is 9.74. The molecule has 0 radical (unpaired) electrons. The van der Waals surface area contributed by atoms with Crippen molar-refractivity contribution >= 4 is 55.3 Å². The maximum absolute atomic E-state index is 6.74. The number of benzene rings is 8. The largest absolute Gasteiger partial charge is 0.457 e. The summed E-state index contributed by atoms with van der Waals surface area (Å²) in [6, 6.07) is 68.9. The quantitative estimate of drug-likeness (QED) is 0.163. The van der Waals surface area contributed by atoms with Gasteiger partial charge in [-0.15, -0.1) is 0 Å². The lowest BCUT2D eigenvalue weighted by molar-refractivity contribution is 0.483. The van der Waals surface area contributed by atoms with Gasteiger partial charge in [-0.25, -0.2) is 4.98 Å². The van der Waals surface area contributed by atoms with E-state index in [1.165, 1.54) is 49.8 Å². The molecule has 0 unspecified atom stereocenters. The van der Waals surface area contributed by atoms with E-state index < -0.39 is 0 Å². The van der Waals surface area contributed by atoms with Crippen molar-refractivity contribution in [1.29, 1.82) is 0 Å². The average Bonchev–Trinajstić information content (AvgIpc) is 3.83. The van der Waals surface area contributed by atoms with Gasteiger partial charge in [0.15, 0.2) is 0 Å². The number of fused-ring (bicyclic) bond motifs is 6. The molecule has 0 atom stereocenters. The van der Waals surface area contributed by atoms with Crippen molar-refractivity contribution in [3.05, 3.63) is 206 Å². The van der Waals surface area contributed by atoms with Crippen molar-refractivity contribution in [1.82, 2.24) is 9.55 Å². The molecule has 5 nitrogen and oxygen atoms in total. The number of aromatic nitrogens is 2. The van der Waals surface area contributed by atoms with Crippen LogP contribution in [-0.4, -0.2) is 16.2 Å². The second kappa shape index (κ2) is 13.8. The van der Waals surface area contributed by atoms with Gasteiger partial charge >= 0.3 is 0 Å². The number of hydrogen-bond acceptors (Lipinski definition) is 4. The number of ether oxygens (including phenoxy) is 1. The van der Waals surface area contributed by atoms with Crippen LogP contribution in [0.1, 0.15) is 5.56 Å². The predicted molar refractivity (Wildman–Crippen MR) is 240 cm³/mol. The Balaban J connectivity index is 1.03. The normalized spacial score (nSPS) is 12.4. The second-order valence-electron chi connectivity index (χ2n) is 14.9. The molecule has 2 aromatic heterocycles. The third-order valence-corrected chi connectivity index (χ3v) is 11.3. The zero-order valence-corrected chi connectivity index (χ0v) is 32.0. The Morgan fingerprint density at radius 2 is 1.16 bits per heavy atom. The number of para-hydroxylation sites is 2. The Morgan fingerprint density at radius 1 is 0.483 bits per heavy atom. The molecule has 8 aromatic carbocycles. The molecule has 0 aliphatic carbocycles. The lowest BCUT2D eigenvalue weighted by Crippen LogP contribution is -2.25. The zero-order chi connectivity index (χ0) is 38.6. The van der Waals surface area contributed by atoms with Gasteiger partial charge in [0.05, 0.1) is 28.1 Å². The first-order chi connectivity index (χ1) is 28.7. The Morgan fingerprint density at radius 3 is 1.91 bits per heavy atom. The molecule has 1 aliphatic heterocycles. The van der Waals surface area contributed by atoms with Crippen LogP contribution in [0, 0.1) is 6.92 Å². The van der Waals surface area contributed by atoms with Crippen molar-refractivity contribution in [3.63, 3.8) is 0 Å². The molecule has 0 saturated carbocycles. The first-order valence-electron chi connectivity index (χ1n) is 19.7. The summed E-state index contributed by atoms with van der Waals surface area (Å²) >= 11 is 0. The van der Waals surface area contributed by atoms with Crippen molar-refractivity contribution in [2.45, 2.75) is 6.92 Å². The lowest BCUT2D eigenvalue weighted by atomic mass is 9.94. The highest BCUT2D eigenvalue weighted by atomic mass is 16.5. The van der Waals surface area contributed by atoms with Gasteiger partial charge in [-0.2, -0.15) is 0 Å². The van der Waals surface area contributed by atoms with Crippen molar-refractivity contribution < 1.29 is 4.74 Å². The van der Waals surface area contributed by atoms with Crippen LogP contribution < -0.4 is 14.5 Å². The van der Waals surface area contributed by atoms with E-state index in [2.05, 4.69) is 209 Å². The first-order valence-corrected chi connectivity index (χ1v) is 19.7. The number of hydrogen-bond donors (Lipinski definition) is 0. The second-order valence-corrected chi connectivity index (χ2v) is 14.9. The highest BCUT2D eigenvalue weighted by Gasteiger charge is 2.33. The van der Waals surface area contributed by atoms with Crippen molar-refractivity contribution in [2.75, 3.05) is 16.5 Å². The van der Waals surface area contributed by atoms with Gasteiger partial charge in [0, 0.05) is 51.3 Å². The Kier molecular flexibility index (Phi) is 8.04. The van der Waals surface area contributed by atoms with Gasteiger partial charge in [0.2, 0.25) is 0 Å². The SMILES string of the molecule is Cc1ccc(-n2c3ccccc3c3ccc(Oc4cccc(N5CN(c6c(-c7ccccc7)cccc6-c6ccccc6)c6c5ccc5ccccc65)c4)cc32)nc1. The Hall–Kier alpha value is -7.63. The molecule has 10 aromatic rings. The fourth-order valence-electron chi connectivity index (χ4n) is 8.68. The molecule has 0 saturated heterocycles. The maximum Gasteiger partial charge on any atom is 0.137 e. The topological polar surface area (TPSA) is 33.5 Å². The van der Waals surface area contributed by atoms with E-state index in [1.807, 2.05) is 12.3 Å². The van der Waals surface area contributed by atoms with E-state index in [9.17, 15) is 0 Å². The number of anilines is 4. The van der Waals surface area contributed by atoms with Crippen LogP contribution in [-0.2, 0) is 0 Å². The number of aryl methyl sites for hydroxylation is 1. The van der Waals surface area contributed by atoms with Crippen molar-refractivity contribution in [2.24, 2.45) is 0 Å². The molecule has 0 bridgehead atoms. The van der Waals surface area contributed by atoms with Crippen molar-refractivity contribution in [3.8, 4) is 39.6 Å². The highest BCUT2D eigenvalue weighted by Crippen LogP contribution is 2.53. The van der Waals surface area contributed by atoms with Gasteiger partial charge in [-0.3, -0.25) is 4.57 Å². The summed E-state index contributed by atoms with van der Waals surface area (Å²) < 4.78 is 8.97. The summed E-state index contributed by atoms with van der Waals surface area (Å²) in [5, 5.41) is 4.76. The third-order valence-electron chi connectivity index (χ3n) is 11.3. The molecule has 0 fully saturated rings. The fraction of sp³-hybridized carbons (Fsp3) is 0.0377. The molecule has 1 aliphatic rings. The molecule has 0 N–H and O–H groups in total. The Bertz CT molecular complexity index is 3080. The van der Waals surface area contributed by atoms with Crippen LogP contribution >= 0.6 is 0 Å². The molecule has 5 heteroatoms. The van der Waals surface area contributed by atoms with Crippen LogP contribution in [0.3, 0.4) is 0 Å². The zero-order valence-electron chi connectivity index (χ0n) is 32.0. The minimum absolute atomic E-state index is 0.617. The van der Waals surface area contributed by atoms with E-state index in [-0.39, 0.29) is 0 Å². The standard InChI is InChI=1S/C53H38N4O/c1-36-26-31-51(54-34-36)57-48-25-11-10-22-46(48)47-29-28-42(33-50(47)57)58-41-20-12-19-40(32-41)55-35-56(53-45-21-9-8-18-39(45)27-30-49(53)55)52-43(37-14-4-2-5-15-37)23-13-24-44(52)38-16-6-3-7-17-38/h2-34H,35H2,1H3. The predicted octanol–water partition coefficient (Wildman–Crippen LogP) is 14.0. The van der Waals surface area contributed by atoms with E-state index in [0.717, 1.165) is 50.7 Å². The first kappa shape index (κ1) is 33.7. The summed E-state index contributed by atoms with van der Waals surface area (Å²) in [6.45, 7) is 2.68. The number of rotatable bonds is 7. The molecular weight excluding hydrogens is 709 g/mol. The van der Waals surface area contributed by atoms with E-state index >= 15 is 0 Å². The summed E-state index contributed by atoms with van der Waals surface area (Å²) in [5.74, 6) is 2.41. The Labute approximate surface area is 337 Å². The van der Waals surface area contributed by atoms with Crippen LogP contribution in [0.15, 0.2) is 200 Å². The molecule has 58 heavy (non-hydrogen) atoms. The minimum Gasteiger partial charge on any atom is -0.457 e. The van der Waals surface area contributed by atoms with E-state index in [1.54, 1.807) is 0 Å². The summed E-state index contributed by atoms with van der Waals surface area (Å²) in [5.41, 5.74) is 12.6. The molecule has 11 rings (SSSR count). The van der Waals surface area contributed by atoms with Gasteiger partial charge in [0.25, 0.3) is 0 Å². The van der Waals surface area contributed by atoms with Gasteiger partial charge < -0.3 is 14.5 Å². The molecule has 0 amide bonds. The highest BCUT2D eigenvalue weighted by molar-refractivity contribution is 6.10.